The first-order valence-corrected chi connectivity index (χ1v) is 10.2. The highest BCUT2D eigenvalue weighted by atomic mass is 19.1. The van der Waals surface area contributed by atoms with Crippen molar-refractivity contribution in [1.82, 2.24) is 24.9 Å². The Morgan fingerprint density at radius 1 is 1.16 bits per heavy atom. The van der Waals surface area contributed by atoms with Crippen LogP contribution in [0.1, 0.15) is 25.3 Å². The van der Waals surface area contributed by atoms with Crippen LogP contribution in [0.2, 0.25) is 0 Å². The van der Waals surface area contributed by atoms with Crippen molar-refractivity contribution >= 4 is 5.82 Å². The summed E-state index contributed by atoms with van der Waals surface area (Å²) in [5.41, 5.74) is 1.88. The molecule has 8 nitrogen and oxygen atoms in total. The number of hydrogen-bond donors (Lipinski definition) is 2. The number of nitrogens with zero attached hydrogens (tertiary/aromatic N) is 5. The third-order valence-electron chi connectivity index (χ3n) is 4.93. The summed E-state index contributed by atoms with van der Waals surface area (Å²) >= 11 is 0. The molecule has 1 aromatic carbocycles. The van der Waals surface area contributed by atoms with Crippen LogP contribution in [0, 0.1) is 11.6 Å². The smallest absolute Gasteiger partial charge is 0.183 e. The summed E-state index contributed by atoms with van der Waals surface area (Å²) in [6, 6.07) is 9.42. The third kappa shape index (κ3) is 4.65. The van der Waals surface area contributed by atoms with Crippen molar-refractivity contribution in [2.45, 2.75) is 32.4 Å². The Labute approximate surface area is 182 Å². The van der Waals surface area contributed by atoms with Crippen LogP contribution >= 0.6 is 0 Å². The molecule has 32 heavy (non-hydrogen) atoms. The van der Waals surface area contributed by atoms with Crippen LogP contribution in [0.15, 0.2) is 53.4 Å². The van der Waals surface area contributed by atoms with Gasteiger partial charge in [0.05, 0.1) is 31.1 Å². The molecule has 1 atom stereocenters. The maximum absolute atomic E-state index is 14.3. The van der Waals surface area contributed by atoms with Crippen molar-refractivity contribution < 1.29 is 18.4 Å². The average Bonchev–Trinajstić information content (AvgIpc) is 3.46. The van der Waals surface area contributed by atoms with Gasteiger partial charge in [0, 0.05) is 11.6 Å². The molecule has 4 rings (SSSR count). The van der Waals surface area contributed by atoms with Gasteiger partial charge in [-0.1, -0.05) is 36.7 Å². The van der Waals surface area contributed by atoms with Crippen LogP contribution in [-0.2, 0) is 6.54 Å². The van der Waals surface area contributed by atoms with Crippen molar-refractivity contribution in [3.05, 3.63) is 66.1 Å². The van der Waals surface area contributed by atoms with E-state index in [0.29, 0.717) is 29.1 Å². The topological polar surface area (TPSA) is 102 Å². The van der Waals surface area contributed by atoms with Gasteiger partial charge in [-0.2, -0.15) is 5.10 Å². The van der Waals surface area contributed by atoms with Gasteiger partial charge in [-0.05, 0) is 18.6 Å². The molecule has 0 saturated carbocycles. The van der Waals surface area contributed by atoms with Crippen molar-refractivity contribution in [2.24, 2.45) is 0 Å². The van der Waals surface area contributed by atoms with Crippen LogP contribution in [-0.4, -0.2) is 42.7 Å². The van der Waals surface area contributed by atoms with E-state index in [0.717, 1.165) is 12.6 Å². The first-order valence-electron chi connectivity index (χ1n) is 10.2. The Hall–Kier alpha value is -3.66. The largest absolute Gasteiger partial charge is 0.394 e. The molecule has 10 heteroatoms. The number of hydrogen-bond acceptors (Lipinski definition) is 7. The van der Waals surface area contributed by atoms with Gasteiger partial charge in [0.25, 0.3) is 0 Å². The molecule has 0 amide bonds. The summed E-state index contributed by atoms with van der Waals surface area (Å²) < 4.78 is 35.0. The fourth-order valence-electron chi connectivity index (χ4n) is 3.33. The van der Waals surface area contributed by atoms with E-state index < -0.39 is 5.82 Å². The summed E-state index contributed by atoms with van der Waals surface area (Å²) in [5.74, 6) is -0.829. The van der Waals surface area contributed by atoms with E-state index in [-0.39, 0.29) is 36.7 Å². The normalized spacial score (nSPS) is 12.1. The predicted octanol–water partition coefficient (Wildman–Crippen LogP) is 3.89. The quantitative estimate of drug-likeness (QED) is 0.407. The third-order valence-corrected chi connectivity index (χ3v) is 4.93. The minimum absolute atomic E-state index is 0.0193. The van der Waals surface area contributed by atoms with Gasteiger partial charge in [-0.15, -0.1) is 0 Å². The van der Waals surface area contributed by atoms with Crippen molar-refractivity contribution in [3.63, 3.8) is 0 Å². The van der Waals surface area contributed by atoms with E-state index in [9.17, 15) is 13.9 Å². The lowest BCUT2D eigenvalue weighted by Gasteiger charge is -2.16. The molecule has 2 N–H and O–H groups in total. The second-order valence-corrected chi connectivity index (χ2v) is 7.25. The Bertz CT molecular complexity index is 1180. The number of benzene rings is 1. The summed E-state index contributed by atoms with van der Waals surface area (Å²) in [4.78, 5) is 8.34. The minimum atomic E-state index is -0.634. The number of halogens is 2. The SMILES string of the molecule is CCCC(CO)Nc1nc(-c2cc(-c3ccon3)n(Cc3ccccc3F)n2)ncc1F. The molecule has 0 aliphatic rings. The first-order chi connectivity index (χ1) is 15.6. The van der Waals surface area contributed by atoms with Crippen LogP contribution < -0.4 is 5.32 Å². The van der Waals surface area contributed by atoms with Crippen LogP contribution in [0.25, 0.3) is 22.9 Å². The molecule has 0 spiro atoms. The monoisotopic (exact) mass is 440 g/mol. The zero-order valence-electron chi connectivity index (χ0n) is 17.4. The molecule has 0 fully saturated rings. The molecule has 166 valence electrons. The first kappa shape index (κ1) is 21.6. The van der Waals surface area contributed by atoms with E-state index in [1.807, 2.05) is 6.92 Å². The predicted molar refractivity (Wildman–Crippen MR) is 114 cm³/mol. The van der Waals surface area contributed by atoms with Gasteiger partial charge < -0.3 is 14.9 Å². The van der Waals surface area contributed by atoms with Crippen LogP contribution in [0.4, 0.5) is 14.6 Å². The Kier molecular flexibility index (Phi) is 6.50. The van der Waals surface area contributed by atoms with E-state index in [4.69, 9.17) is 4.52 Å². The highest BCUT2D eigenvalue weighted by Crippen LogP contribution is 2.26. The molecule has 3 heterocycles. The Morgan fingerprint density at radius 3 is 2.72 bits per heavy atom. The van der Waals surface area contributed by atoms with E-state index in [2.05, 4.69) is 25.5 Å². The maximum Gasteiger partial charge on any atom is 0.183 e. The minimum Gasteiger partial charge on any atom is -0.394 e. The van der Waals surface area contributed by atoms with E-state index in [1.54, 1.807) is 35.0 Å². The molecular formula is C22H22F2N6O2. The lowest BCUT2D eigenvalue weighted by atomic mass is 10.2. The number of rotatable bonds is 9. The fraction of sp³-hybridized carbons (Fsp3) is 0.273. The second-order valence-electron chi connectivity index (χ2n) is 7.25. The molecule has 0 bridgehead atoms. The standard InChI is InChI=1S/C22H22F2N6O2/c1-2-5-15(13-31)26-21-17(24)11-25-22(27-21)19-10-20(18-8-9-32-29-18)30(28-19)12-14-6-3-4-7-16(14)23/h3-4,6-11,15,31H,2,5,12-13H2,1H3,(H,25,26,27). The lowest BCUT2D eigenvalue weighted by molar-refractivity contribution is 0.268. The van der Waals surface area contributed by atoms with Gasteiger partial charge in [0.15, 0.2) is 17.5 Å². The molecular weight excluding hydrogens is 418 g/mol. The summed E-state index contributed by atoms with van der Waals surface area (Å²) in [6.45, 7) is 1.96. The van der Waals surface area contributed by atoms with Crippen molar-refractivity contribution in [1.29, 1.82) is 0 Å². The van der Waals surface area contributed by atoms with Gasteiger partial charge >= 0.3 is 0 Å². The number of anilines is 1. The molecule has 0 saturated heterocycles. The zero-order chi connectivity index (χ0) is 22.5. The lowest BCUT2D eigenvalue weighted by Crippen LogP contribution is -2.25. The molecule has 4 aromatic rings. The number of nitrogens with one attached hydrogen (secondary N) is 1. The maximum atomic E-state index is 14.3. The van der Waals surface area contributed by atoms with Crippen molar-refractivity contribution in [2.75, 3.05) is 11.9 Å². The summed E-state index contributed by atoms with van der Waals surface area (Å²) in [5, 5.41) is 20.9. The second kappa shape index (κ2) is 9.65. The van der Waals surface area contributed by atoms with Gasteiger partial charge in [-0.3, -0.25) is 4.68 Å². The Balaban J connectivity index is 1.71. The summed E-state index contributed by atoms with van der Waals surface area (Å²) in [7, 11) is 0. The average molecular weight is 440 g/mol. The molecule has 3 aromatic heterocycles. The van der Waals surface area contributed by atoms with Crippen LogP contribution in [0.3, 0.4) is 0 Å². The fourth-order valence-corrected chi connectivity index (χ4v) is 3.33. The highest BCUT2D eigenvalue weighted by Gasteiger charge is 2.19. The molecule has 0 aliphatic carbocycles. The van der Waals surface area contributed by atoms with E-state index >= 15 is 0 Å². The number of aromatic nitrogens is 5. The van der Waals surface area contributed by atoms with Gasteiger partial charge in [0.2, 0.25) is 0 Å². The van der Waals surface area contributed by atoms with Gasteiger partial charge in [-0.25, -0.2) is 18.7 Å². The van der Waals surface area contributed by atoms with E-state index in [1.165, 1.54) is 12.3 Å². The zero-order valence-corrected chi connectivity index (χ0v) is 17.4. The number of aliphatic hydroxyl groups is 1. The molecule has 0 radical (unpaired) electrons. The molecule has 0 aliphatic heterocycles. The Morgan fingerprint density at radius 2 is 2.00 bits per heavy atom. The van der Waals surface area contributed by atoms with Gasteiger partial charge in [0.1, 0.15) is 23.5 Å². The van der Waals surface area contributed by atoms with Crippen molar-refractivity contribution in [3.8, 4) is 22.9 Å². The molecule has 1 unspecified atom stereocenters. The van der Waals surface area contributed by atoms with Crippen LogP contribution in [0.5, 0.6) is 0 Å². The summed E-state index contributed by atoms with van der Waals surface area (Å²) in [6.07, 6.45) is 3.95. The number of aliphatic hydroxyl groups excluding tert-OH is 1. The highest BCUT2D eigenvalue weighted by molar-refractivity contribution is 5.63.